The summed E-state index contributed by atoms with van der Waals surface area (Å²) < 4.78 is 43.1. The SMILES string of the molecule is O=C(NC1CN2CCC1CC2)c1ccc(Oc2nc(C(F)(F)F)cs2)cc1. The maximum absolute atomic E-state index is 12.6. The highest BCUT2D eigenvalue weighted by molar-refractivity contribution is 7.11. The lowest BCUT2D eigenvalue weighted by Crippen LogP contribution is -2.57. The van der Waals surface area contributed by atoms with E-state index >= 15 is 0 Å². The molecule has 1 aromatic heterocycles. The molecular formula is C18H18F3N3O2S. The number of carbonyl (C=O) groups is 1. The van der Waals surface area contributed by atoms with Gasteiger partial charge in [0.05, 0.1) is 0 Å². The van der Waals surface area contributed by atoms with Gasteiger partial charge >= 0.3 is 6.18 Å². The van der Waals surface area contributed by atoms with Crippen molar-refractivity contribution in [2.45, 2.75) is 25.1 Å². The molecule has 1 amide bonds. The van der Waals surface area contributed by atoms with Gasteiger partial charge in [-0.15, -0.1) is 0 Å². The minimum atomic E-state index is -4.49. The molecule has 1 unspecified atom stereocenters. The van der Waals surface area contributed by atoms with Crippen molar-refractivity contribution in [3.63, 3.8) is 0 Å². The number of alkyl halides is 3. The van der Waals surface area contributed by atoms with Crippen LogP contribution < -0.4 is 10.1 Å². The normalized spacial score (nSPS) is 24.6. The van der Waals surface area contributed by atoms with Gasteiger partial charge in [0.25, 0.3) is 11.1 Å². The van der Waals surface area contributed by atoms with Crippen LogP contribution in [0, 0.1) is 5.92 Å². The van der Waals surface area contributed by atoms with Crippen LogP contribution in [0.2, 0.25) is 0 Å². The summed E-state index contributed by atoms with van der Waals surface area (Å²) in [6, 6.07) is 6.49. The van der Waals surface area contributed by atoms with E-state index in [0.29, 0.717) is 17.2 Å². The molecule has 3 saturated heterocycles. The Morgan fingerprint density at radius 1 is 1.22 bits per heavy atom. The third kappa shape index (κ3) is 4.08. The number of nitrogens with zero attached hydrogens (tertiary/aromatic N) is 2. The molecule has 0 saturated carbocycles. The number of amides is 1. The predicted octanol–water partition coefficient (Wildman–Crippen LogP) is 3.78. The van der Waals surface area contributed by atoms with E-state index in [1.165, 1.54) is 0 Å². The van der Waals surface area contributed by atoms with Crippen molar-refractivity contribution in [3.05, 3.63) is 40.9 Å². The molecule has 2 aromatic rings. The Labute approximate surface area is 158 Å². The molecule has 1 aromatic carbocycles. The number of rotatable bonds is 4. The van der Waals surface area contributed by atoms with Gasteiger partial charge in [0.1, 0.15) is 5.75 Å². The second-order valence-electron chi connectivity index (χ2n) is 6.84. The topological polar surface area (TPSA) is 54.5 Å². The van der Waals surface area contributed by atoms with E-state index in [0.717, 1.165) is 49.2 Å². The second kappa shape index (κ2) is 7.12. The number of carbonyl (C=O) groups excluding carboxylic acids is 1. The van der Waals surface area contributed by atoms with Gasteiger partial charge in [0.2, 0.25) is 0 Å². The average molecular weight is 397 g/mol. The van der Waals surface area contributed by atoms with E-state index in [2.05, 4.69) is 15.2 Å². The van der Waals surface area contributed by atoms with Crippen molar-refractivity contribution in [1.82, 2.24) is 15.2 Å². The molecule has 5 rings (SSSR count). The number of ether oxygens (including phenoxy) is 1. The van der Waals surface area contributed by atoms with E-state index in [4.69, 9.17) is 4.74 Å². The molecule has 2 bridgehead atoms. The molecule has 0 aliphatic carbocycles. The minimum Gasteiger partial charge on any atom is -0.431 e. The number of halogens is 3. The zero-order chi connectivity index (χ0) is 19.0. The first-order valence-corrected chi connectivity index (χ1v) is 9.60. The van der Waals surface area contributed by atoms with E-state index in [9.17, 15) is 18.0 Å². The minimum absolute atomic E-state index is 0.0909. The summed E-state index contributed by atoms with van der Waals surface area (Å²) >= 11 is 0.775. The van der Waals surface area contributed by atoms with Crippen molar-refractivity contribution in [2.75, 3.05) is 19.6 Å². The van der Waals surface area contributed by atoms with Gasteiger partial charge in [0.15, 0.2) is 5.69 Å². The predicted molar refractivity (Wildman–Crippen MR) is 94.1 cm³/mol. The Morgan fingerprint density at radius 3 is 2.48 bits per heavy atom. The lowest BCUT2D eigenvalue weighted by atomic mass is 9.84. The number of thiazole rings is 1. The monoisotopic (exact) mass is 397 g/mol. The third-order valence-corrected chi connectivity index (χ3v) is 5.79. The maximum atomic E-state index is 12.6. The second-order valence-corrected chi connectivity index (χ2v) is 7.66. The number of aromatic nitrogens is 1. The number of benzene rings is 1. The molecule has 3 aliphatic heterocycles. The van der Waals surface area contributed by atoms with Crippen LogP contribution in [-0.2, 0) is 6.18 Å². The molecule has 3 aliphatic rings. The van der Waals surface area contributed by atoms with Crippen molar-refractivity contribution < 1.29 is 22.7 Å². The largest absolute Gasteiger partial charge is 0.434 e. The zero-order valence-electron chi connectivity index (χ0n) is 14.3. The summed E-state index contributed by atoms with van der Waals surface area (Å²) in [6.07, 6.45) is -2.26. The molecular weight excluding hydrogens is 379 g/mol. The molecule has 0 spiro atoms. The van der Waals surface area contributed by atoms with E-state index in [1.807, 2.05) is 0 Å². The molecule has 4 heterocycles. The lowest BCUT2D eigenvalue weighted by Gasteiger charge is -2.44. The van der Waals surface area contributed by atoms with Crippen LogP contribution in [0.15, 0.2) is 29.6 Å². The van der Waals surface area contributed by atoms with E-state index < -0.39 is 11.9 Å². The first-order valence-electron chi connectivity index (χ1n) is 8.72. The van der Waals surface area contributed by atoms with Crippen molar-refractivity contribution in [3.8, 4) is 10.9 Å². The Morgan fingerprint density at radius 2 is 1.93 bits per heavy atom. The van der Waals surface area contributed by atoms with Crippen LogP contribution in [0.1, 0.15) is 28.9 Å². The van der Waals surface area contributed by atoms with Gasteiger partial charge in [-0.25, -0.2) is 0 Å². The molecule has 1 N–H and O–H groups in total. The first kappa shape index (κ1) is 18.2. The van der Waals surface area contributed by atoms with Gasteiger partial charge in [-0.3, -0.25) is 4.79 Å². The zero-order valence-corrected chi connectivity index (χ0v) is 15.1. The Hall–Kier alpha value is -2.13. The van der Waals surface area contributed by atoms with Crippen LogP contribution in [-0.4, -0.2) is 41.5 Å². The van der Waals surface area contributed by atoms with Crippen LogP contribution in [0.25, 0.3) is 0 Å². The lowest BCUT2D eigenvalue weighted by molar-refractivity contribution is -0.140. The molecule has 27 heavy (non-hydrogen) atoms. The fraction of sp³-hybridized carbons (Fsp3) is 0.444. The highest BCUT2D eigenvalue weighted by atomic mass is 32.1. The molecule has 0 radical (unpaired) electrons. The fourth-order valence-corrected chi connectivity index (χ4v) is 4.28. The summed E-state index contributed by atoms with van der Waals surface area (Å²) in [5.74, 6) is 0.723. The summed E-state index contributed by atoms with van der Waals surface area (Å²) in [7, 11) is 0. The first-order chi connectivity index (χ1) is 12.9. The van der Waals surface area contributed by atoms with Gasteiger partial charge in [-0.1, -0.05) is 11.3 Å². The Bertz CT molecular complexity index is 814. The molecule has 5 nitrogen and oxygen atoms in total. The van der Waals surface area contributed by atoms with Crippen molar-refractivity contribution in [2.24, 2.45) is 5.92 Å². The van der Waals surface area contributed by atoms with E-state index in [-0.39, 0.29) is 17.1 Å². The summed E-state index contributed by atoms with van der Waals surface area (Å²) in [4.78, 5) is 18.3. The highest BCUT2D eigenvalue weighted by Gasteiger charge is 2.35. The number of fused-ring (bicyclic) bond motifs is 3. The summed E-state index contributed by atoms with van der Waals surface area (Å²) in [5.41, 5.74) is -0.482. The highest BCUT2D eigenvalue weighted by Crippen LogP contribution is 2.34. The van der Waals surface area contributed by atoms with Gasteiger partial charge < -0.3 is 15.0 Å². The van der Waals surface area contributed by atoms with E-state index in [1.54, 1.807) is 24.3 Å². The summed E-state index contributed by atoms with van der Waals surface area (Å²) in [6.45, 7) is 3.11. The van der Waals surface area contributed by atoms with Crippen molar-refractivity contribution >= 4 is 17.2 Å². The quantitative estimate of drug-likeness (QED) is 0.853. The number of piperidine rings is 3. The molecule has 1 atom stereocenters. The molecule has 144 valence electrons. The smallest absolute Gasteiger partial charge is 0.431 e. The number of nitrogens with one attached hydrogen (secondary N) is 1. The molecule has 9 heteroatoms. The standard InChI is InChI=1S/C18H18F3N3O2S/c19-18(20,21)15-10-27-17(23-15)26-13-3-1-12(2-4-13)16(25)22-14-9-24-7-5-11(14)6-8-24/h1-4,10-11,14H,5-9H2,(H,22,25). The Balaban J connectivity index is 1.37. The number of hydrogen-bond acceptors (Lipinski definition) is 5. The average Bonchev–Trinajstić information content (AvgIpc) is 3.12. The third-order valence-electron chi connectivity index (χ3n) is 5.07. The van der Waals surface area contributed by atoms with Crippen molar-refractivity contribution in [1.29, 1.82) is 0 Å². The fourth-order valence-electron chi connectivity index (χ4n) is 3.59. The van der Waals surface area contributed by atoms with Gasteiger partial charge in [-0.2, -0.15) is 18.2 Å². The van der Waals surface area contributed by atoms with Gasteiger partial charge in [0, 0.05) is 23.5 Å². The Kier molecular flexibility index (Phi) is 4.81. The summed E-state index contributed by atoms with van der Waals surface area (Å²) in [5, 5.41) is 3.92. The van der Waals surface area contributed by atoms with Crippen LogP contribution in [0.5, 0.6) is 10.9 Å². The maximum Gasteiger partial charge on any atom is 0.434 e. The van der Waals surface area contributed by atoms with Crippen LogP contribution in [0.3, 0.4) is 0 Å². The van der Waals surface area contributed by atoms with Crippen LogP contribution in [0.4, 0.5) is 13.2 Å². The number of hydrogen-bond donors (Lipinski definition) is 1. The van der Waals surface area contributed by atoms with Gasteiger partial charge in [-0.05, 0) is 56.1 Å². The van der Waals surface area contributed by atoms with Crippen LogP contribution >= 0.6 is 11.3 Å². The molecule has 3 fully saturated rings.